The van der Waals surface area contributed by atoms with E-state index in [-0.39, 0.29) is 17.2 Å². The molecule has 0 bridgehead atoms. The normalized spacial score (nSPS) is 14.9. The molecule has 0 saturated heterocycles. The molecule has 192 valence electrons. The molecular formula is C30H26FNO5P+. The molecule has 0 spiro atoms. The Kier molecular flexibility index (Phi) is 7.18. The van der Waals surface area contributed by atoms with Gasteiger partial charge >= 0.3 is 19.2 Å². The summed E-state index contributed by atoms with van der Waals surface area (Å²) in [7, 11) is -3.62. The lowest BCUT2D eigenvalue weighted by molar-refractivity contribution is -0.145. The van der Waals surface area contributed by atoms with Crippen molar-refractivity contribution in [3.05, 3.63) is 89.9 Å². The highest BCUT2D eigenvalue weighted by Crippen LogP contribution is 2.52. The van der Waals surface area contributed by atoms with E-state index >= 15 is 0 Å². The molecule has 4 rings (SSSR count). The number of hydrogen-bond donors (Lipinski definition) is 3. The molecule has 3 aromatic carbocycles. The quantitative estimate of drug-likeness (QED) is 0.193. The van der Waals surface area contributed by atoms with Gasteiger partial charge in [0.25, 0.3) is 0 Å². The zero-order valence-corrected chi connectivity index (χ0v) is 21.9. The molecule has 0 fully saturated rings. The number of benzene rings is 3. The van der Waals surface area contributed by atoms with E-state index in [0.29, 0.717) is 16.8 Å². The van der Waals surface area contributed by atoms with Crippen LogP contribution in [0.15, 0.2) is 72.8 Å². The zero-order valence-electron chi connectivity index (χ0n) is 21.0. The number of carbonyl (C=O) groups is 1. The Morgan fingerprint density at radius 2 is 1.68 bits per heavy atom. The molecule has 0 amide bonds. The summed E-state index contributed by atoms with van der Waals surface area (Å²) in [5, 5.41) is 21.0. The second-order valence-electron chi connectivity index (χ2n) is 9.51. The highest BCUT2D eigenvalue weighted by Gasteiger charge is 2.70. The van der Waals surface area contributed by atoms with Crippen molar-refractivity contribution in [1.29, 1.82) is 0 Å². The first-order valence-corrected chi connectivity index (χ1v) is 13.1. The van der Waals surface area contributed by atoms with Crippen LogP contribution in [0.25, 0.3) is 33.2 Å². The number of fused-ring (bicyclic) bond motifs is 1. The Morgan fingerprint density at radius 1 is 1.05 bits per heavy atom. The number of aliphatic carboxylic acids is 1. The van der Waals surface area contributed by atoms with Gasteiger partial charge in [-0.2, -0.15) is 4.89 Å². The molecule has 0 saturated carbocycles. The minimum Gasteiger partial charge on any atom is -0.477 e. The molecule has 3 unspecified atom stereocenters. The Labute approximate surface area is 220 Å². The molecule has 3 atom stereocenters. The Balaban J connectivity index is 2.18. The number of hydrogen-bond acceptors (Lipinski definition) is 4. The van der Waals surface area contributed by atoms with Crippen LogP contribution in [0.4, 0.5) is 4.39 Å². The van der Waals surface area contributed by atoms with Gasteiger partial charge in [-0.1, -0.05) is 68.4 Å². The standard InChI is InChI=1S/C30H25FNO5P/c1-5-30(28(33)34,38(36)37)29(4,35)26-24(20-13-15-21(31)16-14-20)17-25(32-27(26)18(2)3)23-12-8-10-19-9-6-7-11-22(19)23/h1,6-18,35H,2-4H3,(H-,33,34,36,37)/p+1. The molecule has 1 heterocycles. The summed E-state index contributed by atoms with van der Waals surface area (Å²) in [6, 6.07) is 20.6. The summed E-state index contributed by atoms with van der Waals surface area (Å²) in [5.74, 6) is -0.779. The van der Waals surface area contributed by atoms with Crippen LogP contribution in [-0.2, 0) is 15.0 Å². The molecule has 0 aliphatic rings. The van der Waals surface area contributed by atoms with Crippen molar-refractivity contribution in [1.82, 2.24) is 4.98 Å². The van der Waals surface area contributed by atoms with Crippen LogP contribution in [0.5, 0.6) is 0 Å². The maximum absolute atomic E-state index is 13.9. The third-order valence-corrected chi connectivity index (χ3v) is 8.14. The Bertz CT molecular complexity index is 1590. The number of halogens is 1. The van der Waals surface area contributed by atoms with Crippen molar-refractivity contribution in [3.63, 3.8) is 0 Å². The van der Waals surface area contributed by atoms with Gasteiger partial charge in [-0.15, -0.1) is 6.42 Å². The third-order valence-electron chi connectivity index (χ3n) is 6.81. The van der Waals surface area contributed by atoms with Gasteiger partial charge in [-0.25, -0.2) is 9.18 Å². The number of terminal acetylenes is 1. The predicted octanol–water partition coefficient (Wildman–Crippen LogP) is 6.23. The van der Waals surface area contributed by atoms with E-state index in [1.165, 1.54) is 24.3 Å². The maximum atomic E-state index is 13.9. The molecule has 3 N–H and O–H groups in total. The average molecular weight is 531 g/mol. The minimum absolute atomic E-state index is 0.0131. The van der Waals surface area contributed by atoms with E-state index in [1.54, 1.807) is 19.9 Å². The summed E-state index contributed by atoms with van der Waals surface area (Å²) < 4.78 is 26.4. The Morgan fingerprint density at radius 3 is 2.26 bits per heavy atom. The molecule has 0 radical (unpaired) electrons. The monoisotopic (exact) mass is 530 g/mol. The average Bonchev–Trinajstić information content (AvgIpc) is 2.88. The number of aromatic nitrogens is 1. The van der Waals surface area contributed by atoms with Crippen LogP contribution in [0.2, 0.25) is 0 Å². The summed E-state index contributed by atoms with van der Waals surface area (Å²) >= 11 is 0. The number of nitrogens with zero attached hydrogens (tertiary/aromatic N) is 1. The fraction of sp³-hybridized carbons (Fsp3) is 0.200. The van der Waals surface area contributed by atoms with E-state index in [2.05, 4.69) is 0 Å². The fourth-order valence-corrected chi connectivity index (χ4v) is 5.61. The summed E-state index contributed by atoms with van der Waals surface area (Å²) in [6.45, 7) is 4.72. The lowest BCUT2D eigenvalue weighted by Crippen LogP contribution is -2.53. The molecule has 4 aromatic rings. The topological polar surface area (TPSA) is 108 Å². The minimum atomic E-state index is -3.62. The van der Waals surface area contributed by atoms with Crippen molar-refractivity contribution >= 4 is 24.8 Å². The summed E-state index contributed by atoms with van der Waals surface area (Å²) in [5.41, 5.74) is -0.207. The maximum Gasteiger partial charge on any atom is 0.541 e. The number of pyridine rings is 1. The van der Waals surface area contributed by atoms with E-state index in [4.69, 9.17) is 11.4 Å². The second kappa shape index (κ2) is 10.1. The van der Waals surface area contributed by atoms with Gasteiger partial charge in [0.1, 0.15) is 5.82 Å². The van der Waals surface area contributed by atoms with E-state index in [0.717, 1.165) is 23.3 Å². The first-order chi connectivity index (χ1) is 18.0. The van der Waals surface area contributed by atoms with Crippen molar-refractivity contribution in [2.45, 2.75) is 37.4 Å². The van der Waals surface area contributed by atoms with Crippen molar-refractivity contribution in [3.8, 4) is 34.7 Å². The Hall–Kier alpha value is -3.95. The van der Waals surface area contributed by atoms with Gasteiger partial charge in [0, 0.05) is 11.1 Å². The van der Waals surface area contributed by atoms with Crippen molar-refractivity contribution in [2.24, 2.45) is 0 Å². The van der Waals surface area contributed by atoms with Crippen LogP contribution >= 0.6 is 8.03 Å². The molecule has 1 aromatic heterocycles. The fourth-order valence-electron chi connectivity index (χ4n) is 4.85. The lowest BCUT2D eigenvalue weighted by Gasteiger charge is -2.34. The second-order valence-corrected chi connectivity index (χ2v) is 10.7. The number of carboxylic acid groups (broad SMARTS) is 1. The van der Waals surface area contributed by atoms with Gasteiger partial charge in [-0.05, 0) is 63.4 Å². The summed E-state index contributed by atoms with van der Waals surface area (Å²) in [4.78, 5) is 27.4. The van der Waals surface area contributed by atoms with Gasteiger partial charge < -0.3 is 10.2 Å². The number of aliphatic hydroxyl groups is 1. The van der Waals surface area contributed by atoms with Crippen molar-refractivity contribution in [2.75, 3.05) is 0 Å². The van der Waals surface area contributed by atoms with Crippen molar-refractivity contribution < 1.29 is 28.9 Å². The van der Waals surface area contributed by atoms with Crippen LogP contribution in [0, 0.1) is 18.2 Å². The third kappa shape index (κ3) is 4.27. The predicted molar refractivity (Wildman–Crippen MR) is 145 cm³/mol. The lowest BCUT2D eigenvalue weighted by atomic mass is 9.76. The highest BCUT2D eigenvalue weighted by molar-refractivity contribution is 7.42. The van der Waals surface area contributed by atoms with E-state index in [1.807, 2.05) is 48.4 Å². The number of rotatable bonds is 7. The SMILES string of the molecule is C#CC(C(=O)O)([P+](=O)O)C(C)(O)c1c(-c2ccc(F)cc2)cc(-c2cccc3ccccc23)nc1C(C)C. The largest absolute Gasteiger partial charge is 0.541 e. The smallest absolute Gasteiger partial charge is 0.477 e. The van der Waals surface area contributed by atoms with Crippen LogP contribution < -0.4 is 0 Å². The van der Waals surface area contributed by atoms with Crippen LogP contribution in [0.3, 0.4) is 0 Å². The molecule has 6 nitrogen and oxygen atoms in total. The van der Waals surface area contributed by atoms with E-state index in [9.17, 15) is 28.9 Å². The van der Waals surface area contributed by atoms with Gasteiger partial charge in [0.2, 0.25) is 0 Å². The van der Waals surface area contributed by atoms with Crippen LogP contribution in [-0.4, -0.2) is 31.2 Å². The van der Waals surface area contributed by atoms with Gasteiger partial charge in [0.05, 0.1) is 11.4 Å². The molecule has 0 aliphatic heterocycles. The molecular weight excluding hydrogens is 504 g/mol. The molecule has 8 heteroatoms. The first-order valence-electron chi connectivity index (χ1n) is 11.8. The van der Waals surface area contributed by atoms with Crippen LogP contribution in [0.1, 0.15) is 37.9 Å². The highest BCUT2D eigenvalue weighted by atomic mass is 31.1. The first kappa shape index (κ1) is 27.1. The summed E-state index contributed by atoms with van der Waals surface area (Å²) in [6.07, 6.45) is 5.55. The van der Waals surface area contributed by atoms with E-state index < -0.39 is 30.6 Å². The molecule has 38 heavy (non-hydrogen) atoms. The number of carboxylic acids is 1. The van der Waals surface area contributed by atoms with Gasteiger partial charge in [-0.3, -0.25) is 4.98 Å². The molecule has 0 aliphatic carbocycles. The zero-order chi connectivity index (χ0) is 27.8. The van der Waals surface area contributed by atoms with Gasteiger partial charge in [0.15, 0.2) is 5.60 Å².